The molecule has 0 atom stereocenters. The molecule has 1 heterocycles. The number of halogens is 1. The van der Waals surface area contributed by atoms with E-state index in [9.17, 15) is 9.18 Å². The topological polar surface area (TPSA) is 57.2 Å². The zero-order chi connectivity index (χ0) is 14.4. The molecular formula is C15H13FN2O2. The Bertz CT molecular complexity index is 600. The lowest BCUT2D eigenvalue weighted by Gasteiger charge is -2.20. The Kier molecular flexibility index (Phi) is 4.51. The molecule has 20 heavy (non-hydrogen) atoms. The van der Waals surface area contributed by atoms with Gasteiger partial charge in [0.25, 0.3) is 5.91 Å². The van der Waals surface area contributed by atoms with Crippen molar-refractivity contribution in [3.8, 4) is 6.07 Å². The zero-order valence-electron chi connectivity index (χ0n) is 10.8. The van der Waals surface area contributed by atoms with Gasteiger partial charge in [0.1, 0.15) is 11.6 Å². The molecule has 0 aliphatic heterocycles. The van der Waals surface area contributed by atoms with Crippen molar-refractivity contribution in [2.24, 2.45) is 0 Å². The maximum absolute atomic E-state index is 12.9. The molecule has 2 aromatic rings. The fourth-order valence-corrected chi connectivity index (χ4v) is 1.80. The quantitative estimate of drug-likeness (QED) is 0.840. The first-order valence-electron chi connectivity index (χ1n) is 6.15. The number of hydrogen-bond acceptors (Lipinski definition) is 3. The van der Waals surface area contributed by atoms with Crippen molar-refractivity contribution >= 4 is 5.91 Å². The van der Waals surface area contributed by atoms with Gasteiger partial charge in [-0.25, -0.2) is 4.39 Å². The van der Waals surface area contributed by atoms with E-state index in [4.69, 9.17) is 9.68 Å². The van der Waals surface area contributed by atoms with Crippen LogP contribution in [0.4, 0.5) is 4.39 Å². The van der Waals surface area contributed by atoms with Crippen molar-refractivity contribution in [2.75, 3.05) is 6.54 Å². The Morgan fingerprint density at radius 3 is 2.65 bits per heavy atom. The normalized spacial score (nSPS) is 10.0. The van der Waals surface area contributed by atoms with Crippen LogP contribution in [0.1, 0.15) is 22.5 Å². The Morgan fingerprint density at radius 1 is 1.30 bits per heavy atom. The number of nitriles is 1. The molecule has 0 bridgehead atoms. The first kappa shape index (κ1) is 13.8. The molecule has 4 nitrogen and oxygen atoms in total. The monoisotopic (exact) mass is 272 g/mol. The van der Waals surface area contributed by atoms with Gasteiger partial charge in [0.05, 0.1) is 25.3 Å². The summed E-state index contributed by atoms with van der Waals surface area (Å²) in [6.45, 7) is 0.582. The summed E-state index contributed by atoms with van der Waals surface area (Å²) in [7, 11) is 0. The van der Waals surface area contributed by atoms with Crippen LogP contribution in [0.5, 0.6) is 0 Å². The Balaban J connectivity index is 2.15. The fourth-order valence-electron chi connectivity index (χ4n) is 1.80. The number of amides is 1. The predicted molar refractivity (Wildman–Crippen MR) is 70.1 cm³/mol. The van der Waals surface area contributed by atoms with Crippen molar-refractivity contribution in [1.29, 1.82) is 5.26 Å². The summed E-state index contributed by atoms with van der Waals surface area (Å²) in [4.78, 5) is 13.8. The fraction of sp³-hybridized carbons (Fsp3) is 0.200. The highest BCUT2D eigenvalue weighted by molar-refractivity contribution is 5.94. The number of carbonyl (C=O) groups is 1. The second-order valence-electron chi connectivity index (χ2n) is 4.22. The summed E-state index contributed by atoms with van der Waals surface area (Å²) in [5.41, 5.74) is 0.385. The number of nitrogens with zero attached hydrogens (tertiary/aromatic N) is 2. The van der Waals surface area contributed by atoms with E-state index in [1.165, 1.54) is 35.4 Å². The van der Waals surface area contributed by atoms with Gasteiger partial charge in [-0.2, -0.15) is 5.26 Å². The van der Waals surface area contributed by atoms with Gasteiger partial charge >= 0.3 is 0 Å². The summed E-state index contributed by atoms with van der Waals surface area (Å²) in [5.74, 6) is -0.00814. The second-order valence-corrected chi connectivity index (χ2v) is 4.22. The molecule has 2 rings (SSSR count). The first-order valence-corrected chi connectivity index (χ1v) is 6.15. The van der Waals surface area contributed by atoms with Gasteiger partial charge in [0.15, 0.2) is 0 Å². The van der Waals surface area contributed by atoms with Gasteiger partial charge in [-0.05, 0) is 36.4 Å². The number of hydrogen-bond donors (Lipinski definition) is 0. The molecular weight excluding hydrogens is 259 g/mol. The lowest BCUT2D eigenvalue weighted by atomic mass is 10.2. The Labute approximate surface area is 116 Å². The van der Waals surface area contributed by atoms with E-state index in [1.54, 1.807) is 12.1 Å². The van der Waals surface area contributed by atoms with Crippen LogP contribution in [0.25, 0.3) is 0 Å². The van der Waals surface area contributed by atoms with E-state index >= 15 is 0 Å². The van der Waals surface area contributed by atoms with E-state index in [0.717, 1.165) is 0 Å². The van der Waals surface area contributed by atoms with Crippen LogP contribution in [0.2, 0.25) is 0 Å². The third-order valence-corrected chi connectivity index (χ3v) is 2.80. The van der Waals surface area contributed by atoms with Gasteiger partial charge in [-0.15, -0.1) is 0 Å². The highest BCUT2D eigenvalue weighted by Gasteiger charge is 2.17. The third kappa shape index (κ3) is 3.45. The van der Waals surface area contributed by atoms with Gasteiger partial charge in [-0.3, -0.25) is 4.79 Å². The molecule has 5 heteroatoms. The predicted octanol–water partition coefficient (Wildman–Crippen LogP) is 2.97. The van der Waals surface area contributed by atoms with Gasteiger partial charge in [0, 0.05) is 12.1 Å². The molecule has 0 saturated heterocycles. The standard InChI is InChI=1S/C15H13FN2O2/c16-13-6-4-12(5-7-13)15(19)18(9-2-8-17)11-14-3-1-10-20-14/h1,3-7,10H,2,9,11H2. The van der Waals surface area contributed by atoms with Crippen LogP contribution < -0.4 is 0 Å². The van der Waals surface area contributed by atoms with Crippen LogP contribution >= 0.6 is 0 Å². The largest absolute Gasteiger partial charge is 0.467 e. The van der Waals surface area contributed by atoms with Crippen molar-refractivity contribution < 1.29 is 13.6 Å². The molecule has 1 aromatic heterocycles. The summed E-state index contributed by atoms with van der Waals surface area (Å²) < 4.78 is 18.1. The summed E-state index contributed by atoms with van der Waals surface area (Å²) in [5, 5.41) is 8.67. The molecule has 0 saturated carbocycles. The molecule has 0 N–H and O–H groups in total. The van der Waals surface area contributed by atoms with Crippen molar-refractivity contribution in [3.05, 3.63) is 59.8 Å². The summed E-state index contributed by atoms with van der Waals surface area (Å²) >= 11 is 0. The maximum Gasteiger partial charge on any atom is 0.254 e. The van der Waals surface area contributed by atoms with Crippen molar-refractivity contribution in [3.63, 3.8) is 0 Å². The van der Waals surface area contributed by atoms with Crippen LogP contribution in [0.15, 0.2) is 47.1 Å². The molecule has 0 radical (unpaired) electrons. The van der Waals surface area contributed by atoms with E-state index in [2.05, 4.69) is 0 Å². The first-order chi connectivity index (χ1) is 9.70. The zero-order valence-corrected chi connectivity index (χ0v) is 10.8. The molecule has 1 amide bonds. The number of furan rings is 1. The molecule has 0 spiro atoms. The second kappa shape index (κ2) is 6.53. The summed E-state index contributed by atoms with van der Waals surface area (Å²) in [6.07, 6.45) is 1.76. The molecule has 0 aliphatic rings. The lowest BCUT2D eigenvalue weighted by molar-refractivity contribution is 0.0735. The molecule has 0 unspecified atom stereocenters. The van der Waals surface area contributed by atoms with Crippen LogP contribution in [0.3, 0.4) is 0 Å². The molecule has 0 fully saturated rings. The third-order valence-electron chi connectivity index (χ3n) is 2.80. The minimum absolute atomic E-state index is 0.230. The highest BCUT2D eigenvalue weighted by atomic mass is 19.1. The van der Waals surface area contributed by atoms with Crippen LogP contribution in [0, 0.1) is 17.1 Å². The molecule has 0 aliphatic carbocycles. The van der Waals surface area contributed by atoms with Gasteiger partial charge < -0.3 is 9.32 Å². The van der Waals surface area contributed by atoms with E-state index in [0.29, 0.717) is 17.9 Å². The Hall–Kier alpha value is -2.61. The van der Waals surface area contributed by atoms with Crippen molar-refractivity contribution in [2.45, 2.75) is 13.0 Å². The number of benzene rings is 1. The van der Waals surface area contributed by atoms with Crippen LogP contribution in [-0.2, 0) is 6.54 Å². The number of carbonyl (C=O) groups excluding carboxylic acids is 1. The van der Waals surface area contributed by atoms with E-state index < -0.39 is 5.82 Å². The smallest absolute Gasteiger partial charge is 0.254 e. The Morgan fingerprint density at radius 2 is 2.05 bits per heavy atom. The van der Waals surface area contributed by atoms with E-state index in [-0.39, 0.29) is 18.9 Å². The summed E-state index contributed by atoms with van der Waals surface area (Å²) in [6, 6.07) is 10.8. The van der Waals surface area contributed by atoms with E-state index in [1.807, 2.05) is 6.07 Å². The minimum Gasteiger partial charge on any atom is -0.467 e. The average molecular weight is 272 g/mol. The maximum atomic E-state index is 12.9. The highest BCUT2D eigenvalue weighted by Crippen LogP contribution is 2.12. The van der Waals surface area contributed by atoms with Crippen LogP contribution in [-0.4, -0.2) is 17.4 Å². The van der Waals surface area contributed by atoms with Crippen molar-refractivity contribution in [1.82, 2.24) is 4.90 Å². The average Bonchev–Trinajstić information content (AvgIpc) is 2.96. The molecule has 102 valence electrons. The lowest BCUT2D eigenvalue weighted by Crippen LogP contribution is -2.31. The SMILES string of the molecule is N#CCCN(Cc1ccco1)C(=O)c1ccc(F)cc1. The minimum atomic E-state index is -0.392. The number of rotatable bonds is 5. The van der Waals surface area contributed by atoms with Gasteiger partial charge in [-0.1, -0.05) is 0 Å². The molecule has 1 aromatic carbocycles. The van der Waals surface area contributed by atoms with Gasteiger partial charge in [0.2, 0.25) is 0 Å².